The van der Waals surface area contributed by atoms with Crippen molar-refractivity contribution in [2.45, 2.75) is 0 Å². The lowest BCUT2D eigenvalue weighted by Crippen LogP contribution is -2.12. The van der Waals surface area contributed by atoms with Gasteiger partial charge in [-0.3, -0.25) is 0 Å². The second-order valence-corrected chi connectivity index (χ2v) is 15.6. The fourth-order valence-electron chi connectivity index (χ4n) is 9.46. The van der Waals surface area contributed by atoms with Gasteiger partial charge in [0.1, 0.15) is 11.2 Å². The van der Waals surface area contributed by atoms with Gasteiger partial charge in [0.15, 0.2) is 0 Å². The van der Waals surface area contributed by atoms with Gasteiger partial charge in [-0.05, 0) is 65.0 Å². The molecule has 0 bridgehead atoms. The van der Waals surface area contributed by atoms with Gasteiger partial charge in [0, 0.05) is 54.9 Å². The van der Waals surface area contributed by atoms with Crippen molar-refractivity contribution in [1.29, 1.82) is 0 Å². The van der Waals surface area contributed by atoms with Crippen molar-refractivity contribution in [3.05, 3.63) is 231 Å². The Kier molecular flexibility index (Phi) is 8.17. The highest BCUT2D eigenvalue weighted by Crippen LogP contribution is 2.47. The molecule has 0 aliphatic rings. The summed E-state index contributed by atoms with van der Waals surface area (Å²) in [6, 6.07) is 82.8. The number of para-hydroxylation sites is 6. The average Bonchev–Trinajstić information content (AvgIpc) is 3.89. The van der Waals surface area contributed by atoms with Crippen LogP contribution in [0.5, 0.6) is 0 Å². The molecule has 0 fully saturated rings. The van der Waals surface area contributed by atoms with Gasteiger partial charge in [0.05, 0.1) is 28.1 Å². The number of nitrogens with zero attached hydrogens (tertiary/aromatic N) is 2. The molecule has 0 unspecified atom stereocenters. The van der Waals surface area contributed by atoms with Gasteiger partial charge < -0.3 is 13.9 Å². The van der Waals surface area contributed by atoms with Crippen LogP contribution in [-0.4, -0.2) is 4.57 Å². The normalized spacial score (nSPS) is 11.6. The number of hydrogen-bond acceptors (Lipinski definition) is 2. The zero-order valence-corrected chi connectivity index (χ0v) is 33.2. The van der Waals surface area contributed by atoms with Gasteiger partial charge in [-0.1, -0.05) is 182 Å². The topological polar surface area (TPSA) is 21.3 Å². The van der Waals surface area contributed by atoms with Crippen molar-refractivity contribution in [2.24, 2.45) is 0 Å². The Morgan fingerprint density at radius 2 is 0.836 bits per heavy atom. The van der Waals surface area contributed by atoms with E-state index in [1.54, 1.807) is 0 Å². The molecule has 0 amide bonds. The fraction of sp³-hybridized carbons (Fsp3) is 0. The Bertz CT molecular complexity index is 3540. The maximum atomic E-state index is 6.93. The van der Waals surface area contributed by atoms with E-state index >= 15 is 0 Å². The van der Waals surface area contributed by atoms with Gasteiger partial charge in [-0.15, -0.1) is 0 Å². The highest BCUT2D eigenvalue weighted by molar-refractivity contribution is 6.18. The standard InChI is InChI=1S/C58H38N2O/c1-2-17-39(18-3-1)43-20-6-11-28-52(43)59(54-30-13-10-25-48(54)49-26-16-27-50-51-38-35-40-19-4-5-22-45(40)57(51)61-58(49)50)42-36-33-41(34-37-42)44-21-7-12-29-53(44)60-55-31-14-8-23-46(55)47-24-9-15-32-56(47)60/h1-38H. The van der Waals surface area contributed by atoms with E-state index in [0.717, 1.165) is 77.9 Å². The summed E-state index contributed by atoms with van der Waals surface area (Å²) in [4.78, 5) is 2.41. The predicted octanol–water partition coefficient (Wildman–Crippen LogP) is 16.3. The van der Waals surface area contributed by atoms with E-state index < -0.39 is 0 Å². The van der Waals surface area contributed by atoms with Crippen molar-refractivity contribution in [2.75, 3.05) is 4.90 Å². The number of furan rings is 1. The van der Waals surface area contributed by atoms with E-state index in [1.807, 2.05) is 0 Å². The Hall–Kier alpha value is -8.14. The van der Waals surface area contributed by atoms with Gasteiger partial charge in [-0.25, -0.2) is 0 Å². The first-order valence-corrected chi connectivity index (χ1v) is 20.9. The zero-order valence-electron chi connectivity index (χ0n) is 33.2. The summed E-state index contributed by atoms with van der Waals surface area (Å²) in [5, 5.41) is 7.02. The first-order valence-electron chi connectivity index (χ1n) is 20.9. The van der Waals surface area contributed by atoms with Crippen LogP contribution in [0.25, 0.3) is 93.6 Å². The third-order valence-corrected chi connectivity index (χ3v) is 12.2. The van der Waals surface area contributed by atoms with Crippen LogP contribution in [0.2, 0.25) is 0 Å². The zero-order chi connectivity index (χ0) is 40.3. The summed E-state index contributed by atoms with van der Waals surface area (Å²) in [7, 11) is 0. The smallest absolute Gasteiger partial charge is 0.143 e. The van der Waals surface area contributed by atoms with Crippen LogP contribution in [0.15, 0.2) is 235 Å². The molecule has 61 heavy (non-hydrogen) atoms. The number of anilines is 3. The molecule has 0 saturated heterocycles. The maximum Gasteiger partial charge on any atom is 0.143 e. The molecule has 12 aromatic rings. The van der Waals surface area contributed by atoms with Gasteiger partial charge >= 0.3 is 0 Å². The van der Waals surface area contributed by atoms with Crippen LogP contribution in [0.3, 0.4) is 0 Å². The van der Waals surface area contributed by atoms with E-state index in [0.29, 0.717) is 0 Å². The monoisotopic (exact) mass is 778 g/mol. The van der Waals surface area contributed by atoms with Crippen molar-refractivity contribution < 1.29 is 4.42 Å². The molecule has 0 aliphatic carbocycles. The van der Waals surface area contributed by atoms with E-state index in [4.69, 9.17) is 4.42 Å². The molecule has 12 rings (SSSR count). The quantitative estimate of drug-likeness (QED) is 0.161. The number of aromatic nitrogens is 1. The Morgan fingerprint density at radius 3 is 1.59 bits per heavy atom. The van der Waals surface area contributed by atoms with Crippen LogP contribution in [0.1, 0.15) is 0 Å². The van der Waals surface area contributed by atoms with Crippen LogP contribution in [-0.2, 0) is 0 Å². The van der Waals surface area contributed by atoms with E-state index in [1.165, 1.54) is 32.8 Å². The molecule has 2 aromatic heterocycles. The van der Waals surface area contributed by atoms with Crippen LogP contribution in [0.4, 0.5) is 17.1 Å². The Balaban J connectivity index is 1.05. The molecule has 0 spiro atoms. The molecule has 10 aromatic carbocycles. The Morgan fingerprint density at radius 1 is 0.311 bits per heavy atom. The molecule has 0 atom stereocenters. The molecule has 3 nitrogen and oxygen atoms in total. The molecule has 0 saturated carbocycles. The predicted molar refractivity (Wildman–Crippen MR) is 257 cm³/mol. The van der Waals surface area contributed by atoms with E-state index in [-0.39, 0.29) is 0 Å². The summed E-state index contributed by atoms with van der Waals surface area (Å²) < 4.78 is 9.34. The first-order chi connectivity index (χ1) is 30.3. The molecule has 0 aliphatic heterocycles. The van der Waals surface area contributed by atoms with Crippen molar-refractivity contribution >= 4 is 71.6 Å². The largest absolute Gasteiger partial charge is 0.455 e. The third-order valence-electron chi connectivity index (χ3n) is 12.2. The van der Waals surface area contributed by atoms with Gasteiger partial charge in [0.25, 0.3) is 0 Å². The summed E-state index contributed by atoms with van der Waals surface area (Å²) in [6.07, 6.45) is 0. The minimum atomic E-state index is 0.884. The highest BCUT2D eigenvalue weighted by Gasteiger charge is 2.23. The average molecular weight is 779 g/mol. The number of hydrogen-bond donors (Lipinski definition) is 0. The lowest BCUT2D eigenvalue weighted by molar-refractivity contribution is 0.674. The lowest BCUT2D eigenvalue weighted by atomic mass is 9.97. The van der Waals surface area contributed by atoms with E-state index in [2.05, 4.69) is 240 Å². The highest BCUT2D eigenvalue weighted by atomic mass is 16.3. The Labute approximate surface area is 353 Å². The second-order valence-electron chi connectivity index (χ2n) is 15.6. The SMILES string of the molecule is c1ccc(-c2ccccc2N(c2ccc(-c3ccccc3-n3c4ccccc4c4ccccc43)cc2)c2ccccc2-c2cccc3c2oc2c4ccccc4ccc32)cc1. The third kappa shape index (κ3) is 5.66. The first kappa shape index (κ1) is 34.9. The van der Waals surface area contributed by atoms with Crippen molar-refractivity contribution in [3.63, 3.8) is 0 Å². The van der Waals surface area contributed by atoms with Crippen LogP contribution in [0, 0.1) is 0 Å². The molecule has 0 N–H and O–H groups in total. The van der Waals surface area contributed by atoms with Gasteiger partial charge in [0.2, 0.25) is 0 Å². The molecule has 3 heteroatoms. The van der Waals surface area contributed by atoms with Crippen molar-refractivity contribution in [3.8, 4) is 39.1 Å². The lowest BCUT2D eigenvalue weighted by Gasteiger charge is -2.30. The molecular weight excluding hydrogens is 741 g/mol. The minimum absolute atomic E-state index is 0.884. The van der Waals surface area contributed by atoms with E-state index in [9.17, 15) is 0 Å². The fourth-order valence-corrected chi connectivity index (χ4v) is 9.46. The summed E-state index contributed by atoms with van der Waals surface area (Å²) in [6.45, 7) is 0. The van der Waals surface area contributed by atoms with Crippen LogP contribution < -0.4 is 4.90 Å². The molecule has 0 radical (unpaired) electrons. The minimum Gasteiger partial charge on any atom is -0.455 e. The second kappa shape index (κ2) is 14.3. The number of fused-ring (bicyclic) bond motifs is 8. The molecule has 2 heterocycles. The van der Waals surface area contributed by atoms with Gasteiger partial charge in [-0.2, -0.15) is 0 Å². The maximum absolute atomic E-state index is 6.93. The summed E-state index contributed by atoms with van der Waals surface area (Å²) in [5.74, 6) is 0. The molecular formula is C58H38N2O. The number of benzene rings is 10. The summed E-state index contributed by atoms with van der Waals surface area (Å²) >= 11 is 0. The number of rotatable bonds is 7. The van der Waals surface area contributed by atoms with Crippen molar-refractivity contribution in [1.82, 2.24) is 4.57 Å². The summed E-state index contributed by atoms with van der Waals surface area (Å²) in [5.41, 5.74) is 15.3. The molecule has 286 valence electrons. The van der Waals surface area contributed by atoms with Crippen LogP contribution >= 0.6 is 0 Å².